The van der Waals surface area contributed by atoms with Crippen LogP contribution in [0.3, 0.4) is 0 Å². The first kappa shape index (κ1) is 21.1. The van der Waals surface area contributed by atoms with Crippen molar-refractivity contribution < 1.29 is 44.2 Å². The maximum atomic E-state index is 13.2. The number of anilines is 1. The molecule has 5 rings (SSSR count). The molecule has 2 aromatic heterocycles. The number of ether oxygens (including phenoxy) is 1. The number of cyclic esters (lactones) is 1. The minimum Gasteiger partial charge on any atom is -0.838 e. The molecule has 0 bridgehead atoms. The third kappa shape index (κ3) is 2.69. The van der Waals surface area contributed by atoms with Crippen molar-refractivity contribution in [2.75, 3.05) is 5.73 Å². The van der Waals surface area contributed by atoms with Crippen LogP contribution in [0.25, 0.3) is 22.3 Å². The summed E-state index contributed by atoms with van der Waals surface area (Å²) < 4.78 is 6.69. The molecule has 2 aliphatic heterocycles. The van der Waals surface area contributed by atoms with E-state index in [0.29, 0.717) is 23.6 Å². The van der Waals surface area contributed by atoms with Crippen molar-refractivity contribution in [2.24, 2.45) is 0 Å². The Kier molecular flexibility index (Phi) is 5.05. The van der Waals surface area contributed by atoms with E-state index in [1.54, 1.807) is 23.6 Å². The first-order valence-corrected chi connectivity index (χ1v) is 9.75. The van der Waals surface area contributed by atoms with E-state index in [0.717, 1.165) is 28.5 Å². The predicted molar refractivity (Wildman–Crippen MR) is 106 cm³/mol. The number of hydrogen-bond donors (Lipinski definition) is 1. The van der Waals surface area contributed by atoms with E-state index in [-0.39, 0.29) is 59.3 Å². The van der Waals surface area contributed by atoms with E-state index in [9.17, 15) is 14.7 Å². The van der Waals surface area contributed by atoms with E-state index in [1.807, 2.05) is 12.1 Å². The Morgan fingerprint density at radius 3 is 2.70 bits per heavy atom. The number of aryl methyl sites for hydroxylation is 1. The van der Waals surface area contributed by atoms with Crippen LogP contribution in [0, 0.1) is 0 Å². The normalized spacial score (nSPS) is 19.0. The Morgan fingerprint density at radius 1 is 1.23 bits per heavy atom. The number of esters is 1. The topological polar surface area (TPSA) is 110 Å². The number of carbonyl (C=O) groups is 1. The monoisotopic (exact) mass is 413 g/mol. The molecule has 148 valence electrons. The first-order chi connectivity index (χ1) is 13.9. The van der Waals surface area contributed by atoms with E-state index < -0.39 is 11.6 Å². The van der Waals surface area contributed by atoms with Crippen LogP contribution < -0.4 is 46.0 Å². The van der Waals surface area contributed by atoms with Crippen LogP contribution in [-0.4, -0.2) is 15.5 Å². The van der Waals surface area contributed by atoms with Gasteiger partial charge in [0.15, 0.2) is 0 Å². The average molecular weight is 413 g/mol. The Labute approximate surface area is 195 Å². The molecule has 0 radical (unpaired) electrons. The minimum absolute atomic E-state index is 0. The molecule has 30 heavy (non-hydrogen) atoms. The zero-order valence-corrected chi connectivity index (χ0v) is 19.2. The van der Waals surface area contributed by atoms with E-state index in [4.69, 9.17) is 15.5 Å². The zero-order chi connectivity index (χ0) is 20.5. The molecule has 8 heteroatoms. The zero-order valence-electron chi connectivity index (χ0n) is 17.2. The van der Waals surface area contributed by atoms with Crippen LogP contribution in [0.15, 0.2) is 29.1 Å². The largest absolute Gasteiger partial charge is 1.00 e. The van der Waals surface area contributed by atoms with Crippen LogP contribution >= 0.6 is 0 Å². The van der Waals surface area contributed by atoms with Crippen molar-refractivity contribution >= 4 is 22.6 Å². The van der Waals surface area contributed by atoms with Crippen LogP contribution in [0.1, 0.15) is 42.5 Å². The maximum absolute atomic E-state index is 13.2. The molecule has 1 atom stereocenters. The van der Waals surface area contributed by atoms with Gasteiger partial charge in [-0.1, -0.05) is 20.3 Å². The molecule has 4 heterocycles. The van der Waals surface area contributed by atoms with Crippen molar-refractivity contribution in [3.8, 4) is 11.4 Å². The molecule has 0 saturated heterocycles. The predicted octanol–water partition coefficient (Wildman–Crippen LogP) is -1.40. The van der Waals surface area contributed by atoms with Gasteiger partial charge in [-0.3, -0.25) is 9.59 Å². The van der Waals surface area contributed by atoms with Gasteiger partial charge in [-0.05, 0) is 41.8 Å². The van der Waals surface area contributed by atoms with Crippen LogP contribution in [0.5, 0.6) is 0 Å². The summed E-state index contributed by atoms with van der Waals surface area (Å²) in [6.45, 7) is 3.90. The third-order valence-electron chi connectivity index (χ3n) is 6.15. The van der Waals surface area contributed by atoms with Gasteiger partial charge in [0.2, 0.25) is 0 Å². The quantitative estimate of drug-likeness (QED) is 0.246. The summed E-state index contributed by atoms with van der Waals surface area (Å²) in [4.78, 5) is 30.2. The second kappa shape index (κ2) is 7.20. The number of hydrogen-bond acceptors (Lipinski definition) is 6. The van der Waals surface area contributed by atoms with E-state index in [2.05, 4.69) is 6.92 Å². The molecule has 2 N–H and O–H groups in total. The SMILES string of the molecule is CCc1c2c(nc3ccc(N)cc13)-c1cc3c(c(=O)n1C2)COC(=O)[C@]3([O-])CC.[Na+]. The second-order valence-corrected chi connectivity index (χ2v) is 7.62. The molecule has 0 fully saturated rings. The molecule has 0 saturated carbocycles. The summed E-state index contributed by atoms with van der Waals surface area (Å²) in [5.74, 6) is -0.828. The van der Waals surface area contributed by atoms with E-state index in [1.165, 1.54) is 0 Å². The molecule has 0 aliphatic carbocycles. The number of benzene rings is 1. The molecule has 7 nitrogen and oxygen atoms in total. The van der Waals surface area contributed by atoms with Gasteiger partial charge < -0.3 is 20.1 Å². The number of nitrogen functional groups attached to an aromatic ring is 1. The molecular formula is C22H20N3NaO4. The number of nitrogens with zero attached hydrogens (tertiary/aromatic N) is 2. The minimum atomic E-state index is -2.07. The fraction of sp³-hybridized carbons (Fsp3) is 0.318. The van der Waals surface area contributed by atoms with Gasteiger partial charge in [0.25, 0.3) is 11.5 Å². The van der Waals surface area contributed by atoms with Gasteiger partial charge in [0, 0.05) is 22.2 Å². The fourth-order valence-electron chi connectivity index (χ4n) is 4.57. The van der Waals surface area contributed by atoms with Crippen molar-refractivity contribution in [3.63, 3.8) is 0 Å². The van der Waals surface area contributed by atoms with E-state index >= 15 is 0 Å². The van der Waals surface area contributed by atoms with Crippen LogP contribution in [0.4, 0.5) is 5.69 Å². The number of fused-ring (bicyclic) bond motifs is 5. The van der Waals surface area contributed by atoms with Gasteiger partial charge >= 0.3 is 29.6 Å². The molecule has 0 unspecified atom stereocenters. The van der Waals surface area contributed by atoms with Gasteiger partial charge in [-0.2, -0.15) is 0 Å². The first-order valence-electron chi connectivity index (χ1n) is 9.75. The maximum Gasteiger partial charge on any atom is 1.00 e. The summed E-state index contributed by atoms with van der Waals surface area (Å²) in [6, 6.07) is 7.25. The average Bonchev–Trinajstić information content (AvgIpc) is 3.08. The molecule has 2 aliphatic rings. The smallest absolute Gasteiger partial charge is 0.838 e. The fourth-order valence-corrected chi connectivity index (χ4v) is 4.57. The van der Waals surface area contributed by atoms with Crippen molar-refractivity contribution in [2.45, 2.75) is 45.4 Å². The summed E-state index contributed by atoms with van der Waals surface area (Å²) in [7, 11) is 0. The standard InChI is InChI=1S/C22H20N3O4.Na/c1-3-12-13-7-11(23)5-6-17(13)24-19-14(12)9-25-18(19)8-16-15(20(25)26)10-29-21(27)22(16,28)4-2;/h5-8H,3-4,9-10,23H2,1-2H3;/q-1;+1/t22-;/m0./s1. The summed E-state index contributed by atoms with van der Waals surface area (Å²) >= 11 is 0. The Hall–Kier alpha value is -2.19. The summed E-state index contributed by atoms with van der Waals surface area (Å²) in [5.41, 5.74) is 8.89. The molecule has 1 aromatic carbocycles. The van der Waals surface area contributed by atoms with Crippen molar-refractivity contribution in [1.82, 2.24) is 9.55 Å². The Morgan fingerprint density at radius 2 is 2.00 bits per heavy atom. The summed E-state index contributed by atoms with van der Waals surface area (Å²) in [5, 5.41) is 14.2. The second-order valence-electron chi connectivity index (χ2n) is 7.62. The van der Waals surface area contributed by atoms with Gasteiger partial charge in [0.1, 0.15) is 6.61 Å². The number of nitrogens with two attached hydrogens (primary N) is 1. The number of rotatable bonds is 2. The van der Waals surface area contributed by atoms with Gasteiger partial charge in [-0.25, -0.2) is 4.98 Å². The number of carbonyl (C=O) groups excluding carboxylic acids is 1. The molecule has 3 aromatic rings. The third-order valence-corrected chi connectivity index (χ3v) is 6.15. The van der Waals surface area contributed by atoms with Crippen molar-refractivity contribution in [1.29, 1.82) is 0 Å². The van der Waals surface area contributed by atoms with Gasteiger partial charge in [0.05, 0.1) is 29.0 Å². The summed E-state index contributed by atoms with van der Waals surface area (Å²) in [6.07, 6.45) is 0.772. The number of aromatic nitrogens is 2. The molecule has 0 spiro atoms. The Bertz CT molecular complexity index is 1280. The van der Waals surface area contributed by atoms with Crippen molar-refractivity contribution in [3.05, 3.63) is 56.9 Å². The molecular weight excluding hydrogens is 393 g/mol. The number of pyridine rings is 2. The Balaban J connectivity index is 0.00000218. The molecule has 0 amide bonds. The van der Waals surface area contributed by atoms with Crippen LogP contribution in [-0.2, 0) is 34.7 Å². The van der Waals surface area contributed by atoms with Crippen LogP contribution in [0.2, 0.25) is 0 Å². The van der Waals surface area contributed by atoms with Gasteiger partial charge in [-0.15, -0.1) is 0 Å².